The molecule has 0 unspecified atom stereocenters. The van der Waals surface area contributed by atoms with E-state index in [0.29, 0.717) is 0 Å². The summed E-state index contributed by atoms with van der Waals surface area (Å²) in [4.78, 5) is 0. The van der Waals surface area contributed by atoms with Gasteiger partial charge < -0.3 is 5.41 Å². The zero-order chi connectivity index (χ0) is 8.48. The molecule has 1 heteroatoms. The average molecular weight is 151 g/mol. The van der Waals surface area contributed by atoms with Gasteiger partial charge in [0.25, 0.3) is 0 Å². The average Bonchev–Trinajstić information content (AvgIpc) is 1.86. The number of hydrogen-bond donors (Lipinski definition) is 1. The van der Waals surface area contributed by atoms with Gasteiger partial charge in [0.15, 0.2) is 0 Å². The summed E-state index contributed by atoms with van der Waals surface area (Å²) in [6, 6.07) is 0. The second-order valence-electron chi connectivity index (χ2n) is 4.30. The van der Waals surface area contributed by atoms with Crippen molar-refractivity contribution in [3.63, 3.8) is 0 Å². The van der Waals surface area contributed by atoms with Crippen LogP contribution >= 0.6 is 0 Å². The Morgan fingerprint density at radius 3 is 2.27 bits per heavy atom. The predicted molar refractivity (Wildman–Crippen MR) is 49.1 cm³/mol. The summed E-state index contributed by atoms with van der Waals surface area (Å²) in [5.41, 5.74) is 2.52. The van der Waals surface area contributed by atoms with E-state index in [4.69, 9.17) is 5.41 Å². The lowest BCUT2D eigenvalue weighted by atomic mass is 9.80. The molecule has 0 aromatic carbocycles. The lowest BCUT2D eigenvalue weighted by molar-refractivity contribution is 0.475. The topological polar surface area (TPSA) is 23.9 Å². The largest absolute Gasteiger partial charge is 0.305 e. The van der Waals surface area contributed by atoms with Crippen molar-refractivity contribution in [2.24, 2.45) is 5.41 Å². The molecule has 1 N–H and O–H groups in total. The van der Waals surface area contributed by atoms with Crippen LogP contribution in [0, 0.1) is 10.8 Å². The van der Waals surface area contributed by atoms with E-state index < -0.39 is 0 Å². The van der Waals surface area contributed by atoms with Crippen molar-refractivity contribution < 1.29 is 0 Å². The molecule has 0 radical (unpaired) electrons. The van der Waals surface area contributed by atoms with E-state index in [-0.39, 0.29) is 5.41 Å². The van der Waals surface area contributed by atoms with E-state index in [1.807, 2.05) is 0 Å². The molecule has 11 heavy (non-hydrogen) atoms. The monoisotopic (exact) mass is 151 g/mol. The van der Waals surface area contributed by atoms with Crippen LogP contribution in [-0.4, -0.2) is 5.71 Å². The standard InChI is InChI=1S/C10H17N/c1-10(2,3)8-5-4-6-9(11)7-8/h7,11H,4-6H2,1-3H3. The van der Waals surface area contributed by atoms with Crippen LogP contribution in [0.25, 0.3) is 0 Å². The Kier molecular flexibility index (Phi) is 2.17. The SMILES string of the molecule is CC(C)(C)C1=CC(=N)CCC1. The van der Waals surface area contributed by atoms with Crippen molar-refractivity contribution >= 4 is 5.71 Å². The minimum Gasteiger partial charge on any atom is -0.305 e. The molecule has 1 rings (SSSR count). The molecule has 0 saturated heterocycles. The molecule has 1 aliphatic rings. The fraction of sp³-hybridized carbons (Fsp3) is 0.700. The summed E-state index contributed by atoms with van der Waals surface area (Å²) in [5, 5.41) is 7.52. The van der Waals surface area contributed by atoms with E-state index in [1.165, 1.54) is 18.4 Å². The van der Waals surface area contributed by atoms with Crippen molar-refractivity contribution in [3.05, 3.63) is 11.6 Å². The Labute approximate surface area is 69.0 Å². The van der Waals surface area contributed by atoms with Gasteiger partial charge in [-0.3, -0.25) is 0 Å². The van der Waals surface area contributed by atoms with Crippen molar-refractivity contribution in [1.82, 2.24) is 0 Å². The molecule has 1 aliphatic carbocycles. The summed E-state index contributed by atoms with van der Waals surface area (Å²) in [5.74, 6) is 0. The van der Waals surface area contributed by atoms with E-state index in [1.54, 1.807) is 0 Å². The van der Waals surface area contributed by atoms with Crippen LogP contribution in [-0.2, 0) is 0 Å². The first-order valence-corrected chi connectivity index (χ1v) is 4.28. The maximum absolute atomic E-state index is 7.52. The molecule has 0 atom stereocenters. The molecule has 0 bridgehead atoms. The smallest absolute Gasteiger partial charge is 0.0313 e. The highest BCUT2D eigenvalue weighted by atomic mass is 14.4. The van der Waals surface area contributed by atoms with Crippen molar-refractivity contribution in [1.29, 1.82) is 5.41 Å². The quantitative estimate of drug-likeness (QED) is 0.550. The molecule has 0 saturated carbocycles. The van der Waals surface area contributed by atoms with E-state index in [9.17, 15) is 0 Å². The van der Waals surface area contributed by atoms with E-state index >= 15 is 0 Å². The Hall–Kier alpha value is -0.590. The zero-order valence-corrected chi connectivity index (χ0v) is 7.70. The van der Waals surface area contributed by atoms with Crippen LogP contribution < -0.4 is 0 Å². The highest BCUT2D eigenvalue weighted by Gasteiger charge is 2.19. The van der Waals surface area contributed by atoms with Gasteiger partial charge in [-0.05, 0) is 30.8 Å². The minimum absolute atomic E-state index is 0.271. The van der Waals surface area contributed by atoms with Gasteiger partial charge in [-0.2, -0.15) is 0 Å². The van der Waals surface area contributed by atoms with Crippen LogP contribution in [0.3, 0.4) is 0 Å². The van der Waals surface area contributed by atoms with E-state index in [0.717, 1.165) is 12.1 Å². The molecule has 0 fully saturated rings. The molecular weight excluding hydrogens is 134 g/mol. The molecule has 0 amide bonds. The van der Waals surface area contributed by atoms with Crippen molar-refractivity contribution in [2.45, 2.75) is 40.0 Å². The Balaban J connectivity index is 2.79. The number of rotatable bonds is 0. The highest BCUT2D eigenvalue weighted by molar-refractivity contribution is 5.93. The number of allylic oxidation sites excluding steroid dienone is 2. The van der Waals surface area contributed by atoms with Gasteiger partial charge >= 0.3 is 0 Å². The van der Waals surface area contributed by atoms with Crippen molar-refractivity contribution in [2.75, 3.05) is 0 Å². The first-order valence-electron chi connectivity index (χ1n) is 4.28. The Morgan fingerprint density at radius 1 is 1.27 bits per heavy atom. The molecule has 0 aromatic heterocycles. The fourth-order valence-corrected chi connectivity index (χ4v) is 1.42. The van der Waals surface area contributed by atoms with E-state index in [2.05, 4.69) is 26.8 Å². The van der Waals surface area contributed by atoms with Crippen LogP contribution in [0.1, 0.15) is 40.0 Å². The predicted octanol–water partition coefficient (Wildman–Crippen LogP) is 3.16. The van der Waals surface area contributed by atoms with Gasteiger partial charge in [0.05, 0.1) is 0 Å². The van der Waals surface area contributed by atoms with Crippen LogP contribution in [0.5, 0.6) is 0 Å². The van der Waals surface area contributed by atoms with Gasteiger partial charge in [-0.15, -0.1) is 0 Å². The van der Waals surface area contributed by atoms with Gasteiger partial charge in [-0.1, -0.05) is 26.3 Å². The third-order valence-corrected chi connectivity index (χ3v) is 2.20. The molecular formula is C10H17N. The molecule has 62 valence electrons. The first kappa shape index (κ1) is 8.51. The van der Waals surface area contributed by atoms with Crippen LogP contribution in [0.15, 0.2) is 11.6 Å². The highest BCUT2D eigenvalue weighted by Crippen LogP contribution is 2.31. The molecule has 1 nitrogen and oxygen atoms in total. The Bertz CT molecular complexity index is 193. The maximum Gasteiger partial charge on any atom is 0.0313 e. The minimum atomic E-state index is 0.271. The van der Waals surface area contributed by atoms with Gasteiger partial charge in [0.1, 0.15) is 0 Å². The molecule has 0 spiro atoms. The van der Waals surface area contributed by atoms with Gasteiger partial charge in [-0.25, -0.2) is 0 Å². The summed E-state index contributed by atoms with van der Waals surface area (Å²) in [6.45, 7) is 6.66. The van der Waals surface area contributed by atoms with Gasteiger partial charge in [0.2, 0.25) is 0 Å². The fourth-order valence-electron chi connectivity index (χ4n) is 1.42. The second kappa shape index (κ2) is 2.80. The molecule has 0 aromatic rings. The van der Waals surface area contributed by atoms with Crippen LogP contribution in [0.2, 0.25) is 0 Å². The summed E-state index contributed by atoms with van der Waals surface area (Å²) in [6.07, 6.45) is 5.39. The molecule has 0 aliphatic heterocycles. The maximum atomic E-state index is 7.52. The summed E-state index contributed by atoms with van der Waals surface area (Å²) in [7, 11) is 0. The summed E-state index contributed by atoms with van der Waals surface area (Å²) < 4.78 is 0. The normalized spacial score (nSPS) is 19.9. The third-order valence-electron chi connectivity index (χ3n) is 2.20. The lowest BCUT2D eigenvalue weighted by Gasteiger charge is -2.26. The molecule has 0 heterocycles. The Morgan fingerprint density at radius 2 is 1.91 bits per heavy atom. The van der Waals surface area contributed by atoms with Crippen LogP contribution in [0.4, 0.5) is 0 Å². The number of nitrogens with one attached hydrogen (secondary N) is 1. The first-order chi connectivity index (χ1) is 5.00. The van der Waals surface area contributed by atoms with Crippen molar-refractivity contribution in [3.8, 4) is 0 Å². The lowest BCUT2D eigenvalue weighted by Crippen LogP contribution is -2.14. The zero-order valence-electron chi connectivity index (χ0n) is 7.70. The number of hydrogen-bond acceptors (Lipinski definition) is 1. The third kappa shape index (κ3) is 2.18. The van der Waals surface area contributed by atoms with Gasteiger partial charge in [0, 0.05) is 5.71 Å². The summed E-state index contributed by atoms with van der Waals surface area (Å²) >= 11 is 0. The second-order valence-corrected chi connectivity index (χ2v) is 4.30.